The minimum atomic E-state index is -0.160. The van der Waals surface area contributed by atoms with E-state index in [2.05, 4.69) is 4.98 Å². The number of methoxy groups -OCH3 is 2. The molecule has 104 valence electrons. The van der Waals surface area contributed by atoms with E-state index >= 15 is 0 Å². The lowest BCUT2D eigenvalue weighted by atomic mass is 10.2. The molecule has 19 heavy (non-hydrogen) atoms. The van der Waals surface area contributed by atoms with Crippen LogP contribution in [0.1, 0.15) is 10.4 Å². The van der Waals surface area contributed by atoms with E-state index in [1.54, 1.807) is 19.1 Å². The van der Waals surface area contributed by atoms with Crippen LogP contribution in [0.2, 0.25) is 10.2 Å². The van der Waals surface area contributed by atoms with E-state index in [4.69, 9.17) is 32.7 Å². The van der Waals surface area contributed by atoms with Gasteiger partial charge in [0.25, 0.3) is 5.91 Å². The summed E-state index contributed by atoms with van der Waals surface area (Å²) in [6, 6.07) is 1.52. The first-order chi connectivity index (χ1) is 9.06. The van der Waals surface area contributed by atoms with Gasteiger partial charge in [-0.2, -0.15) is 0 Å². The predicted octanol–water partition coefficient (Wildman–Crippen LogP) is 1.87. The molecule has 2 atom stereocenters. The molecular weight excluding hydrogens is 291 g/mol. The van der Waals surface area contributed by atoms with Crippen molar-refractivity contribution in [2.45, 2.75) is 12.2 Å². The van der Waals surface area contributed by atoms with Crippen molar-refractivity contribution < 1.29 is 14.3 Å². The topological polar surface area (TPSA) is 51.7 Å². The SMILES string of the molecule is COC1CN(C(=O)c2cnc(Cl)c(Cl)c2)CC1OC. The third-order valence-electron chi connectivity index (χ3n) is 3.15. The maximum absolute atomic E-state index is 12.3. The molecule has 2 heterocycles. The Bertz CT molecular complexity index is 472. The quantitative estimate of drug-likeness (QED) is 0.800. The molecule has 0 radical (unpaired) electrons. The molecule has 7 heteroatoms. The summed E-state index contributed by atoms with van der Waals surface area (Å²) in [6.07, 6.45) is 1.17. The van der Waals surface area contributed by atoms with E-state index < -0.39 is 0 Å². The fraction of sp³-hybridized carbons (Fsp3) is 0.500. The van der Waals surface area contributed by atoms with Crippen molar-refractivity contribution in [3.05, 3.63) is 28.0 Å². The van der Waals surface area contributed by atoms with Crippen molar-refractivity contribution in [1.29, 1.82) is 0 Å². The minimum absolute atomic E-state index is 0.121. The van der Waals surface area contributed by atoms with Gasteiger partial charge in [0.15, 0.2) is 0 Å². The third-order valence-corrected chi connectivity index (χ3v) is 3.84. The maximum Gasteiger partial charge on any atom is 0.255 e. The van der Waals surface area contributed by atoms with Crippen LogP contribution in [0.5, 0.6) is 0 Å². The van der Waals surface area contributed by atoms with Crippen LogP contribution < -0.4 is 0 Å². The number of hydrogen-bond acceptors (Lipinski definition) is 4. The lowest BCUT2D eigenvalue weighted by Crippen LogP contribution is -2.30. The van der Waals surface area contributed by atoms with Gasteiger partial charge >= 0.3 is 0 Å². The molecule has 1 aliphatic rings. The number of aromatic nitrogens is 1. The van der Waals surface area contributed by atoms with Crippen LogP contribution in [0.15, 0.2) is 12.3 Å². The summed E-state index contributed by atoms with van der Waals surface area (Å²) >= 11 is 11.6. The number of pyridine rings is 1. The number of ether oxygens (including phenoxy) is 2. The van der Waals surface area contributed by atoms with Crippen molar-refractivity contribution in [2.75, 3.05) is 27.3 Å². The highest BCUT2D eigenvalue weighted by molar-refractivity contribution is 6.41. The predicted molar refractivity (Wildman–Crippen MR) is 71.8 cm³/mol. The molecule has 1 aromatic heterocycles. The molecule has 5 nitrogen and oxygen atoms in total. The summed E-state index contributed by atoms with van der Waals surface area (Å²) < 4.78 is 10.6. The zero-order valence-electron chi connectivity index (χ0n) is 10.6. The molecule has 0 N–H and O–H groups in total. The third kappa shape index (κ3) is 3.00. The van der Waals surface area contributed by atoms with Crippen molar-refractivity contribution in [3.8, 4) is 0 Å². The Balaban J connectivity index is 2.14. The van der Waals surface area contributed by atoms with Gasteiger partial charge in [-0.1, -0.05) is 23.2 Å². The Labute approximate surface area is 121 Å². The highest BCUT2D eigenvalue weighted by atomic mass is 35.5. The summed E-state index contributed by atoms with van der Waals surface area (Å²) in [5, 5.41) is 0.447. The largest absolute Gasteiger partial charge is 0.377 e. The van der Waals surface area contributed by atoms with E-state index in [1.807, 2.05) is 0 Å². The summed E-state index contributed by atoms with van der Waals surface area (Å²) in [6.45, 7) is 0.960. The van der Waals surface area contributed by atoms with Gasteiger partial charge in [-0.3, -0.25) is 4.79 Å². The van der Waals surface area contributed by atoms with Gasteiger partial charge in [-0.15, -0.1) is 0 Å². The first-order valence-electron chi connectivity index (χ1n) is 5.72. The molecular formula is C12H14Cl2N2O3. The van der Waals surface area contributed by atoms with Crippen LogP contribution in [0.3, 0.4) is 0 Å². The maximum atomic E-state index is 12.3. The highest BCUT2D eigenvalue weighted by Crippen LogP contribution is 2.22. The summed E-state index contributed by atoms with van der Waals surface area (Å²) in [5.41, 5.74) is 0.404. The molecule has 1 saturated heterocycles. The van der Waals surface area contributed by atoms with E-state index in [1.165, 1.54) is 12.3 Å². The lowest BCUT2D eigenvalue weighted by Gasteiger charge is -2.15. The molecule has 0 aromatic carbocycles. The van der Waals surface area contributed by atoms with Crippen LogP contribution in [0, 0.1) is 0 Å². The second kappa shape index (κ2) is 6.05. The lowest BCUT2D eigenvalue weighted by molar-refractivity contribution is -0.00461. The number of rotatable bonds is 3. The number of likely N-dealkylation sites (tertiary alicyclic amines) is 1. The number of carbonyl (C=O) groups excluding carboxylic acids is 1. The van der Waals surface area contributed by atoms with Gasteiger partial charge in [0.05, 0.1) is 10.6 Å². The Hall–Kier alpha value is -0.880. The van der Waals surface area contributed by atoms with Crippen molar-refractivity contribution in [3.63, 3.8) is 0 Å². The van der Waals surface area contributed by atoms with Crippen molar-refractivity contribution in [1.82, 2.24) is 9.88 Å². The second-order valence-electron chi connectivity index (χ2n) is 4.26. The van der Waals surface area contributed by atoms with E-state index in [0.29, 0.717) is 18.7 Å². The molecule has 1 aromatic rings. The van der Waals surface area contributed by atoms with Crippen LogP contribution in [-0.2, 0) is 9.47 Å². The van der Waals surface area contributed by atoms with Crippen LogP contribution >= 0.6 is 23.2 Å². The van der Waals surface area contributed by atoms with Crippen LogP contribution in [-0.4, -0.2) is 55.3 Å². The molecule has 1 fully saturated rings. The number of nitrogens with zero attached hydrogens (tertiary/aromatic N) is 2. The Morgan fingerprint density at radius 1 is 1.32 bits per heavy atom. The number of amides is 1. The summed E-state index contributed by atoms with van der Waals surface area (Å²) in [4.78, 5) is 17.8. The smallest absolute Gasteiger partial charge is 0.255 e. The highest BCUT2D eigenvalue weighted by Gasteiger charge is 2.36. The van der Waals surface area contributed by atoms with Gasteiger partial charge in [-0.05, 0) is 6.07 Å². The number of hydrogen-bond donors (Lipinski definition) is 0. The van der Waals surface area contributed by atoms with Gasteiger partial charge in [-0.25, -0.2) is 4.98 Å². The summed E-state index contributed by atoms with van der Waals surface area (Å²) in [5.74, 6) is -0.160. The van der Waals surface area contributed by atoms with E-state index in [-0.39, 0.29) is 28.3 Å². The number of halogens is 2. The van der Waals surface area contributed by atoms with Crippen LogP contribution in [0.25, 0.3) is 0 Å². The van der Waals surface area contributed by atoms with E-state index in [0.717, 1.165) is 0 Å². The Morgan fingerprint density at radius 2 is 1.89 bits per heavy atom. The fourth-order valence-electron chi connectivity index (χ4n) is 2.08. The molecule has 0 bridgehead atoms. The monoisotopic (exact) mass is 304 g/mol. The zero-order valence-corrected chi connectivity index (χ0v) is 12.1. The summed E-state index contributed by atoms with van der Waals surface area (Å²) in [7, 11) is 3.21. The van der Waals surface area contributed by atoms with Crippen molar-refractivity contribution in [2.24, 2.45) is 0 Å². The van der Waals surface area contributed by atoms with Gasteiger partial charge in [0.1, 0.15) is 17.4 Å². The first kappa shape index (κ1) is 14.5. The first-order valence-corrected chi connectivity index (χ1v) is 6.48. The van der Waals surface area contributed by atoms with Gasteiger partial charge in [0.2, 0.25) is 0 Å². The molecule has 1 aliphatic heterocycles. The average molecular weight is 305 g/mol. The molecule has 0 saturated carbocycles. The zero-order chi connectivity index (χ0) is 14.0. The normalized spacial score (nSPS) is 22.8. The standard InChI is InChI=1S/C12H14Cl2N2O3/c1-18-9-5-16(6-10(9)19-2)12(17)7-3-8(13)11(14)15-4-7/h3-4,9-10H,5-6H2,1-2H3. The molecule has 0 aliphatic carbocycles. The molecule has 1 amide bonds. The molecule has 0 spiro atoms. The van der Waals surface area contributed by atoms with E-state index in [9.17, 15) is 4.79 Å². The van der Waals surface area contributed by atoms with Crippen LogP contribution in [0.4, 0.5) is 0 Å². The molecule has 2 unspecified atom stereocenters. The Kier molecular flexibility index (Phi) is 4.62. The van der Waals surface area contributed by atoms with Gasteiger partial charge in [0, 0.05) is 33.5 Å². The number of carbonyl (C=O) groups is 1. The van der Waals surface area contributed by atoms with Crippen molar-refractivity contribution >= 4 is 29.1 Å². The van der Waals surface area contributed by atoms with Gasteiger partial charge < -0.3 is 14.4 Å². The second-order valence-corrected chi connectivity index (χ2v) is 5.02. The molecule has 2 rings (SSSR count). The Morgan fingerprint density at radius 3 is 2.37 bits per heavy atom. The average Bonchev–Trinajstić information content (AvgIpc) is 2.84. The fourth-order valence-corrected chi connectivity index (χ4v) is 2.35. The minimum Gasteiger partial charge on any atom is -0.377 e.